The van der Waals surface area contributed by atoms with E-state index in [1.165, 1.54) is 11.8 Å². The molecule has 1 aliphatic rings. The Bertz CT molecular complexity index is 713. The molecular weight excluding hydrogens is 392 g/mol. The predicted octanol–water partition coefficient (Wildman–Crippen LogP) is -0.280. The third kappa shape index (κ3) is 6.79. The molecule has 4 atom stereocenters. The number of aliphatic hydroxyl groups excluding tert-OH is 3. The summed E-state index contributed by atoms with van der Waals surface area (Å²) in [5, 5.41) is 32.4. The number of nitrogens with zero attached hydrogens (tertiary/aromatic N) is 1. The van der Waals surface area contributed by atoms with Crippen LogP contribution in [0.3, 0.4) is 0 Å². The fraction of sp³-hybridized carbons (Fsp3) is 0.571. The first-order valence-corrected chi connectivity index (χ1v) is 10.1. The summed E-state index contributed by atoms with van der Waals surface area (Å²) in [6, 6.07) is 7.56. The molecule has 2 rings (SSSR count). The molecule has 0 radical (unpaired) electrons. The Morgan fingerprint density at radius 2 is 1.77 bits per heavy atom. The molecule has 9 nitrogen and oxygen atoms in total. The maximum atomic E-state index is 12.6. The van der Waals surface area contributed by atoms with Gasteiger partial charge in [-0.05, 0) is 18.4 Å². The fourth-order valence-corrected chi connectivity index (χ4v) is 3.49. The summed E-state index contributed by atoms with van der Waals surface area (Å²) in [6.07, 6.45) is -1.49. The van der Waals surface area contributed by atoms with Crippen LogP contribution in [0.1, 0.15) is 38.2 Å². The van der Waals surface area contributed by atoms with E-state index in [9.17, 15) is 29.7 Å². The number of unbranched alkanes of at least 4 members (excludes halogenated alkanes) is 1. The molecule has 166 valence electrons. The minimum atomic E-state index is -1.38. The number of carbonyl (C=O) groups is 3. The number of aliphatic hydroxyl groups is 3. The highest BCUT2D eigenvalue weighted by atomic mass is 16.5. The maximum absolute atomic E-state index is 12.6. The van der Waals surface area contributed by atoms with Gasteiger partial charge in [0.05, 0.1) is 18.7 Å². The first-order valence-electron chi connectivity index (χ1n) is 10.1. The number of amides is 2. The van der Waals surface area contributed by atoms with Crippen molar-refractivity contribution < 1.29 is 34.4 Å². The molecule has 1 saturated heterocycles. The summed E-state index contributed by atoms with van der Waals surface area (Å²) >= 11 is 0. The third-order valence-electron chi connectivity index (χ3n) is 5.11. The molecule has 2 amide bonds. The lowest BCUT2D eigenvalue weighted by molar-refractivity contribution is -0.153. The van der Waals surface area contributed by atoms with Crippen LogP contribution in [0.15, 0.2) is 30.3 Å². The predicted molar refractivity (Wildman–Crippen MR) is 107 cm³/mol. The minimum absolute atomic E-state index is 0.0129. The zero-order valence-corrected chi connectivity index (χ0v) is 17.1. The van der Waals surface area contributed by atoms with Gasteiger partial charge in [0.15, 0.2) is 0 Å². The highest BCUT2D eigenvalue weighted by Crippen LogP contribution is 2.21. The molecule has 0 saturated carbocycles. The molecule has 0 unspecified atom stereocenters. The van der Waals surface area contributed by atoms with Gasteiger partial charge in [-0.15, -0.1) is 0 Å². The average Bonchev–Trinajstić information content (AvgIpc) is 2.73. The highest BCUT2D eigenvalue weighted by molar-refractivity contribution is 5.77. The number of carbonyl (C=O) groups excluding carboxylic acids is 3. The number of esters is 1. The molecular formula is C21H30N2O7. The van der Waals surface area contributed by atoms with Crippen LogP contribution in [0.25, 0.3) is 0 Å². The zero-order chi connectivity index (χ0) is 22.1. The highest BCUT2D eigenvalue weighted by Gasteiger charge is 2.43. The molecule has 30 heavy (non-hydrogen) atoms. The van der Waals surface area contributed by atoms with Crippen molar-refractivity contribution in [2.75, 3.05) is 13.2 Å². The van der Waals surface area contributed by atoms with Crippen LogP contribution >= 0.6 is 0 Å². The van der Waals surface area contributed by atoms with Gasteiger partial charge in [0.2, 0.25) is 11.8 Å². The molecule has 1 fully saturated rings. The third-order valence-corrected chi connectivity index (χ3v) is 5.11. The van der Waals surface area contributed by atoms with Crippen molar-refractivity contribution in [3.63, 3.8) is 0 Å². The molecule has 9 heteroatoms. The number of nitrogens with one attached hydrogen (secondary N) is 1. The number of piperidine rings is 1. The summed E-state index contributed by atoms with van der Waals surface area (Å²) in [7, 11) is 0. The average molecular weight is 422 g/mol. The van der Waals surface area contributed by atoms with Gasteiger partial charge < -0.3 is 30.3 Å². The second-order valence-corrected chi connectivity index (χ2v) is 7.44. The van der Waals surface area contributed by atoms with Crippen molar-refractivity contribution in [2.24, 2.45) is 0 Å². The topological polar surface area (TPSA) is 136 Å². The molecule has 0 aliphatic carbocycles. The summed E-state index contributed by atoms with van der Waals surface area (Å²) in [5.41, 5.74) is 0.899. The minimum Gasteiger partial charge on any atom is -0.461 e. The summed E-state index contributed by atoms with van der Waals surface area (Å²) in [4.78, 5) is 37.0. The molecule has 1 aliphatic heterocycles. The number of hydrogen-bond donors (Lipinski definition) is 4. The van der Waals surface area contributed by atoms with E-state index in [4.69, 9.17) is 4.74 Å². The lowest BCUT2D eigenvalue weighted by Crippen LogP contribution is -2.67. The van der Waals surface area contributed by atoms with Gasteiger partial charge in [0.1, 0.15) is 18.8 Å². The molecule has 1 aromatic carbocycles. The monoisotopic (exact) mass is 422 g/mol. The Labute approximate surface area is 175 Å². The number of rotatable bonds is 9. The van der Waals surface area contributed by atoms with E-state index in [1.54, 1.807) is 0 Å². The van der Waals surface area contributed by atoms with E-state index >= 15 is 0 Å². The molecule has 0 aromatic heterocycles. The fourth-order valence-electron chi connectivity index (χ4n) is 3.49. The number of benzene rings is 1. The molecule has 1 aromatic rings. The summed E-state index contributed by atoms with van der Waals surface area (Å²) < 4.78 is 5.19. The van der Waals surface area contributed by atoms with E-state index in [-0.39, 0.29) is 37.9 Å². The Kier molecular flexibility index (Phi) is 9.22. The van der Waals surface area contributed by atoms with Crippen molar-refractivity contribution in [3.8, 4) is 0 Å². The van der Waals surface area contributed by atoms with E-state index in [0.717, 1.165) is 5.56 Å². The van der Waals surface area contributed by atoms with E-state index < -0.39 is 36.8 Å². The smallest absolute Gasteiger partial charge is 0.306 e. The largest absolute Gasteiger partial charge is 0.461 e. The van der Waals surface area contributed by atoms with Gasteiger partial charge >= 0.3 is 5.97 Å². The van der Waals surface area contributed by atoms with Crippen molar-refractivity contribution >= 4 is 17.8 Å². The van der Waals surface area contributed by atoms with Crippen LogP contribution < -0.4 is 5.32 Å². The Morgan fingerprint density at radius 1 is 1.10 bits per heavy atom. The van der Waals surface area contributed by atoms with Gasteiger partial charge in [0.25, 0.3) is 0 Å². The normalized spacial score (nSPS) is 23.7. The SMILES string of the molecule is CC(=O)N[C@H]1CN(C(=O)CCCCC(=O)OCc2ccccc2)[C@@H](CO)[C@H](O)[C@@H]1O. The van der Waals surface area contributed by atoms with Gasteiger partial charge in [0, 0.05) is 26.3 Å². The summed E-state index contributed by atoms with van der Waals surface area (Å²) in [6.45, 7) is 0.957. The second-order valence-electron chi connectivity index (χ2n) is 7.44. The van der Waals surface area contributed by atoms with Crippen LogP contribution in [-0.2, 0) is 25.7 Å². The van der Waals surface area contributed by atoms with Crippen LogP contribution in [0.4, 0.5) is 0 Å². The van der Waals surface area contributed by atoms with Crippen LogP contribution in [0.5, 0.6) is 0 Å². The van der Waals surface area contributed by atoms with Crippen molar-refractivity contribution in [1.82, 2.24) is 10.2 Å². The van der Waals surface area contributed by atoms with Gasteiger partial charge in [-0.1, -0.05) is 30.3 Å². The summed E-state index contributed by atoms with van der Waals surface area (Å²) in [5.74, 6) is -1.06. The molecule has 0 spiro atoms. The second kappa shape index (κ2) is 11.6. The van der Waals surface area contributed by atoms with Crippen molar-refractivity contribution in [3.05, 3.63) is 35.9 Å². The molecule has 1 heterocycles. The van der Waals surface area contributed by atoms with E-state index in [1.807, 2.05) is 30.3 Å². The van der Waals surface area contributed by atoms with Crippen LogP contribution in [0.2, 0.25) is 0 Å². The number of likely N-dealkylation sites (tertiary alicyclic amines) is 1. The Balaban J connectivity index is 1.77. The lowest BCUT2D eigenvalue weighted by Gasteiger charge is -2.45. The Morgan fingerprint density at radius 3 is 2.40 bits per heavy atom. The van der Waals surface area contributed by atoms with Gasteiger partial charge in [-0.25, -0.2) is 0 Å². The number of hydrogen-bond acceptors (Lipinski definition) is 7. The maximum Gasteiger partial charge on any atom is 0.306 e. The standard InChI is InChI=1S/C21H30N2O7/c1-14(25)22-16-11-23(17(12-24)21(29)20(16)28)18(26)9-5-6-10-19(27)30-13-15-7-3-2-4-8-15/h2-4,7-8,16-17,20-21,24,28-29H,5-6,9-13H2,1H3,(H,22,25)/t16-,17-,20+,21-/m0/s1. The van der Waals surface area contributed by atoms with Crippen LogP contribution in [0, 0.1) is 0 Å². The van der Waals surface area contributed by atoms with E-state index in [0.29, 0.717) is 12.8 Å². The molecule has 0 bridgehead atoms. The Hall–Kier alpha value is -2.49. The first kappa shape index (κ1) is 23.8. The van der Waals surface area contributed by atoms with E-state index in [2.05, 4.69) is 5.32 Å². The molecule has 4 N–H and O–H groups in total. The zero-order valence-electron chi connectivity index (χ0n) is 17.1. The first-order chi connectivity index (χ1) is 14.3. The van der Waals surface area contributed by atoms with Gasteiger partial charge in [-0.3, -0.25) is 14.4 Å². The van der Waals surface area contributed by atoms with Gasteiger partial charge in [-0.2, -0.15) is 0 Å². The van der Waals surface area contributed by atoms with Crippen molar-refractivity contribution in [2.45, 2.75) is 63.5 Å². The van der Waals surface area contributed by atoms with Crippen molar-refractivity contribution in [1.29, 1.82) is 0 Å². The quantitative estimate of drug-likeness (QED) is 0.317. The lowest BCUT2D eigenvalue weighted by atomic mass is 9.91. The van der Waals surface area contributed by atoms with Crippen LogP contribution in [-0.4, -0.2) is 75.4 Å². The number of ether oxygens (including phenoxy) is 1.